The van der Waals surface area contributed by atoms with E-state index in [-0.39, 0.29) is 10.8 Å². The molecule has 1 aromatic heterocycles. The van der Waals surface area contributed by atoms with E-state index in [0.29, 0.717) is 0 Å². The standard InChI is InChI=1S/C44H35N/c1-43(2)39-14-8-5-11-33(39)38-26-31-20-18-29-17-19-30(25-36(29)37(31)27-40(38)44(43,3)4)28-21-23-32(24-22-28)45-41-15-9-6-12-34(41)35-13-7-10-16-42(35)45/h5-27H,1-4H3. The minimum Gasteiger partial charge on any atom is -0.309 e. The first kappa shape index (κ1) is 26.3. The van der Waals surface area contributed by atoms with Crippen molar-refractivity contribution in [1.29, 1.82) is 0 Å². The van der Waals surface area contributed by atoms with Gasteiger partial charge in [-0.1, -0.05) is 125 Å². The molecular weight excluding hydrogens is 542 g/mol. The number of benzene rings is 7. The number of nitrogens with zero attached hydrogens (tertiary/aromatic N) is 1. The maximum absolute atomic E-state index is 2.50. The normalized spacial score (nSPS) is 15.0. The second kappa shape index (κ2) is 9.19. The summed E-state index contributed by atoms with van der Waals surface area (Å²) >= 11 is 0. The lowest BCUT2D eigenvalue weighted by Gasteiger charge is -2.48. The molecule has 9 rings (SSSR count). The van der Waals surface area contributed by atoms with Crippen LogP contribution in [0.1, 0.15) is 38.8 Å². The summed E-state index contributed by atoms with van der Waals surface area (Å²) in [6.07, 6.45) is 0. The van der Waals surface area contributed by atoms with Crippen molar-refractivity contribution in [1.82, 2.24) is 4.57 Å². The van der Waals surface area contributed by atoms with Crippen LogP contribution in [0.2, 0.25) is 0 Å². The Morgan fingerprint density at radius 3 is 1.69 bits per heavy atom. The molecule has 1 nitrogen and oxygen atoms in total. The molecule has 0 N–H and O–H groups in total. The Morgan fingerprint density at radius 1 is 0.400 bits per heavy atom. The zero-order valence-electron chi connectivity index (χ0n) is 26.2. The Kier molecular flexibility index (Phi) is 5.37. The Labute approximate surface area is 264 Å². The smallest absolute Gasteiger partial charge is 0.0541 e. The fraction of sp³-hybridized carbons (Fsp3) is 0.136. The summed E-state index contributed by atoms with van der Waals surface area (Å²) in [6, 6.07) is 51.9. The minimum absolute atomic E-state index is 0.0120. The number of para-hydroxylation sites is 2. The van der Waals surface area contributed by atoms with Gasteiger partial charge in [-0.05, 0) is 108 Å². The fourth-order valence-electron chi connectivity index (χ4n) is 7.96. The summed E-state index contributed by atoms with van der Waals surface area (Å²) in [5.41, 5.74) is 11.7. The van der Waals surface area contributed by atoms with Crippen molar-refractivity contribution < 1.29 is 0 Å². The van der Waals surface area contributed by atoms with E-state index in [1.807, 2.05) is 0 Å². The molecule has 0 bridgehead atoms. The summed E-state index contributed by atoms with van der Waals surface area (Å²) in [7, 11) is 0. The third kappa shape index (κ3) is 3.61. The highest BCUT2D eigenvalue weighted by atomic mass is 15.0. The predicted octanol–water partition coefficient (Wildman–Crippen LogP) is 12.0. The fourth-order valence-corrected chi connectivity index (χ4v) is 7.96. The monoisotopic (exact) mass is 577 g/mol. The van der Waals surface area contributed by atoms with E-state index in [0.717, 1.165) is 0 Å². The van der Waals surface area contributed by atoms with Gasteiger partial charge in [0.05, 0.1) is 11.0 Å². The van der Waals surface area contributed by atoms with Gasteiger partial charge < -0.3 is 4.57 Å². The summed E-state index contributed by atoms with van der Waals surface area (Å²) in [5.74, 6) is 0. The molecule has 0 aliphatic heterocycles. The molecule has 1 heterocycles. The zero-order valence-corrected chi connectivity index (χ0v) is 26.2. The predicted molar refractivity (Wildman–Crippen MR) is 193 cm³/mol. The van der Waals surface area contributed by atoms with Crippen molar-refractivity contribution in [3.63, 3.8) is 0 Å². The lowest BCUT2D eigenvalue weighted by molar-refractivity contribution is 0.299. The van der Waals surface area contributed by atoms with Crippen molar-refractivity contribution in [2.75, 3.05) is 0 Å². The van der Waals surface area contributed by atoms with E-state index in [9.17, 15) is 0 Å². The average molecular weight is 578 g/mol. The van der Waals surface area contributed by atoms with E-state index in [2.05, 4.69) is 172 Å². The molecule has 0 atom stereocenters. The van der Waals surface area contributed by atoms with E-state index in [1.54, 1.807) is 0 Å². The Hall–Kier alpha value is -5.14. The third-order valence-corrected chi connectivity index (χ3v) is 11.1. The summed E-state index contributed by atoms with van der Waals surface area (Å²) < 4.78 is 2.38. The molecule has 216 valence electrons. The van der Waals surface area contributed by atoms with Crippen LogP contribution >= 0.6 is 0 Å². The molecule has 7 aromatic carbocycles. The van der Waals surface area contributed by atoms with E-state index in [4.69, 9.17) is 0 Å². The number of fused-ring (bicyclic) bond motifs is 9. The van der Waals surface area contributed by atoms with Gasteiger partial charge in [0.2, 0.25) is 0 Å². The van der Waals surface area contributed by atoms with Crippen LogP contribution in [0.15, 0.2) is 140 Å². The SMILES string of the molecule is CC1(C)c2ccccc2-c2cc3ccc4ccc(-c5ccc(-n6c7ccccc7c7ccccc76)cc5)cc4c3cc2C1(C)C. The molecule has 1 heteroatoms. The van der Waals surface area contributed by atoms with Crippen LogP contribution in [0.5, 0.6) is 0 Å². The van der Waals surface area contributed by atoms with E-state index < -0.39 is 0 Å². The van der Waals surface area contributed by atoms with Gasteiger partial charge in [-0.25, -0.2) is 0 Å². The van der Waals surface area contributed by atoms with Crippen LogP contribution in [0.25, 0.3) is 71.3 Å². The highest BCUT2D eigenvalue weighted by Gasteiger charge is 2.45. The minimum atomic E-state index is -0.0205. The molecule has 0 spiro atoms. The van der Waals surface area contributed by atoms with Gasteiger partial charge in [0, 0.05) is 16.5 Å². The van der Waals surface area contributed by atoms with Crippen LogP contribution in [0.4, 0.5) is 0 Å². The molecule has 45 heavy (non-hydrogen) atoms. The van der Waals surface area contributed by atoms with Crippen LogP contribution in [0.3, 0.4) is 0 Å². The molecule has 8 aromatic rings. The quantitative estimate of drug-likeness (QED) is 0.180. The van der Waals surface area contributed by atoms with Gasteiger partial charge in [0.1, 0.15) is 0 Å². The molecule has 0 radical (unpaired) electrons. The summed E-state index contributed by atoms with van der Waals surface area (Å²) in [4.78, 5) is 0. The molecule has 0 fully saturated rings. The summed E-state index contributed by atoms with van der Waals surface area (Å²) in [5, 5.41) is 7.79. The number of rotatable bonds is 2. The number of hydrogen-bond donors (Lipinski definition) is 0. The first-order valence-electron chi connectivity index (χ1n) is 16.0. The third-order valence-electron chi connectivity index (χ3n) is 11.1. The van der Waals surface area contributed by atoms with E-state index >= 15 is 0 Å². The van der Waals surface area contributed by atoms with Crippen molar-refractivity contribution >= 4 is 43.4 Å². The topological polar surface area (TPSA) is 4.93 Å². The van der Waals surface area contributed by atoms with Crippen molar-refractivity contribution in [2.24, 2.45) is 0 Å². The Morgan fingerprint density at radius 2 is 0.956 bits per heavy atom. The molecule has 0 saturated heterocycles. The second-order valence-electron chi connectivity index (χ2n) is 13.8. The van der Waals surface area contributed by atoms with Crippen molar-refractivity contribution in [3.8, 4) is 27.9 Å². The molecule has 0 amide bonds. The highest BCUT2D eigenvalue weighted by molar-refractivity contribution is 6.11. The van der Waals surface area contributed by atoms with Crippen LogP contribution < -0.4 is 0 Å². The van der Waals surface area contributed by atoms with Crippen molar-refractivity contribution in [3.05, 3.63) is 151 Å². The van der Waals surface area contributed by atoms with Crippen LogP contribution in [-0.2, 0) is 10.8 Å². The number of aromatic nitrogens is 1. The maximum Gasteiger partial charge on any atom is 0.0541 e. The molecular formula is C44H35N. The molecule has 1 aliphatic rings. The van der Waals surface area contributed by atoms with Gasteiger partial charge in [0.25, 0.3) is 0 Å². The maximum atomic E-state index is 2.50. The van der Waals surface area contributed by atoms with Crippen molar-refractivity contribution in [2.45, 2.75) is 38.5 Å². The summed E-state index contributed by atoms with van der Waals surface area (Å²) in [6.45, 7) is 9.65. The second-order valence-corrected chi connectivity index (χ2v) is 13.8. The lowest BCUT2D eigenvalue weighted by atomic mass is 9.55. The highest BCUT2D eigenvalue weighted by Crippen LogP contribution is 2.54. The molecule has 0 unspecified atom stereocenters. The van der Waals surface area contributed by atoms with Crippen LogP contribution in [0, 0.1) is 0 Å². The Balaban J connectivity index is 1.19. The number of hydrogen-bond acceptors (Lipinski definition) is 0. The zero-order chi connectivity index (χ0) is 30.5. The lowest BCUT2D eigenvalue weighted by Crippen LogP contribution is -2.43. The first-order valence-corrected chi connectivity index (χ1v) is 16.0. The van der Waals surface area contributed by atoms with Gasteiger partial charge in [-0.2, -0.15) is 0 Å². The van der Waals surface area contributed by atoms with Crippen LogP contribution in [-0.4, -0.2) is 4.57 Å². The molecule has 1 aliphatic carbocycles. The van der Waals surface area contributed by atoms with Gasteiger partial charge >= 0.3 is 0 Å². The average Bonchev–Trinajstić information content (AvgIpc) is 3.41. The van der Waals surface area contributed by atoms with Gasteiger partial charge in [0.15, 0.2) is 0 Å². The molecule has 0 saturated carbocycles. The first-order chi connectivity index (χ1) is 21.8. The largest absolute Gasteiger partial charge is 0.309 e. The van der Waals surface area contributed by atoms with E-state index in [1.165, 1.54) is 82.4 Å². The van der Waals surface area contributed by atoms with Gasteiger partial charge in [-0.3, -0.25) is 0 Å². The Bertz CT molecular complexity index is 2420. The van der Waals surface area contributed by atoms with Gasteiger partial charge in [-0.15, -0.1) is 0 Å².